The molecule has 0 unspecified atom stereocenters. The quantitative estimate of drug-likeness (QED) is 0.0311. The van der Waals surface area contributed by atoms with Crippen molar-refractivity contribution in [1.29, 1.82) is 0 Å². The Morgan fingerprint density at radius 2 is 0.707 bits per heavy atom. The minimum Gasteiger partial charge on any atom is -0.476 e. The van der Waals surface area contributed by atoms with Crippen molar-refractivity contribution in [1.82, 2.24) is 28.1 Å². The Morgan fingerprint density at radius 1 is 0.367 bits per heavy atom. The molecule has 2 saturated heterocycles. The van der Waals surface area contributed by atoms with Gasteiger partial charge in [0.2, 0.25) is 5.90 Å². The molecule has 760 valence electrons. The summed E-state index contributed by atoms with van der Waals surface area (Å²) in [6.07, 6.45) is 12.7. The van der Waals surface area contributed by atoms with Crippen LogP contribution in [0.3, 0.4) is 0 Å². The Balaban J connectivity index is 0.000000134. The molecular weight excluding hydrogens is 2020 g/mol. The van der Waals surface area contributed by atoms with E-state index in [0.717, 1.165) is 142 Å². The lowest BCUT2D eigenvalue weighted by atomic mass is 10.0. The van der Waals surface area contributed by atoms with Gasteiger partial charge in [-0.05, 0) is 323 Å². The first kappa shape index (κ1) is 105. The van der Waals surface area contributed by atoms with E-state index < -0.39 is 62.4 Å². The number of ether oxygens (including phenoxy) is 2. The fourth-order valence-electron chi connectivity index (χ4n) is 18.1. The molecule has 8 aromatic carbocycles. The van der Waals surface area contributed by atoms with E-state index in [2.05, 4.69) is 30.7 Å². The van der Waals surface area contributed by atoms with Crippen LogP contribution < -0.4 is 38.2 Å². The number of carbonyl (C=O) groups excluding carboxylic acids is 4. The van der Waals surface area contributed by atoms with Gasteiger partial charge in [-0.1, -0.05) is 48.5 Å². The fourth-order valence-corrected chi connectivity index (χ4v) is 28.6. The number of fused-ring (bicyclic) bond motifs is 6. The van der Waals surface area contributed by atoms with Gasteiger partial charge in [-0.3, -0.25) is 61.5 Å². The first-order valence-electron chi connectivity index (χ1n) is 48.3. The van der Waals surface area contributed by atoms with Gasteiger partial charge in [-0.25, -0.2) is 38.7 Å². The van der Waals surface area contributed by atoms with Gasteiger partial charge in [-0.15, -0.1) is 45.3 Å². The molecule has 20 rings (SSSR count). The number of hydrogen-bond acceptors (Lipinski definition) is 28. The highest BCUT2D eigenvalue weighted by Gasteiger charge is 2.28. The smallest absolute Gasteiger partial charge is 0.262 e. The third-order valence-electron chi connectivity index (χ3n) is 25.7. The summed E-state index contributed by atoms with van der Waals surface area (Å²) in [6, 6.07) is 69.9. The molecule has 28 nitrogen and oxygen atoms in total. The van der Waals surface area contributed by atoms with Crippen molar-refractivity contribution in [2.45, 2.75) is 102 Å². The van der Waals surface area contributed by atoms with Crippen LogP contribution in [0.5, 0.6) is 0 Å². The molecule has 4 aliphatic heterocycles. The van der Waals surface area contributed by atoms with E-state index in [9.17, 15) is 72.0 Å². The number of aliphatic imine (C=N–C) groups is 1. The van der Waals surface area contributed by atoms with Crippen molar-refractivity contribution in [2.75, 3.05) is 124 Å². The van der Waals surface area contributed by atoms with Gasteiger partial charge in [0.25, 0.3) is 22.2 Å². The predicted octanol–water partition coefficient (Wildman–Crippen LogP) is 16.6. The van der Waals surface area contributed by atoms with Crippen LogP contribution in [0.25, 0.3) is 65.8 Å². The average molecular weight is 2130 g/mol. The molecule has 2 fully saturated rings. The molecule has 16 aromatic rings. The van der Waals surface area contributed by atoms with Crippen molar-refractivity contribution in [2.24, 2.45) is 4.99 Å². The summed E-state index contributed by atoms with van der Waals surface area (Å²) in [5.74, 6) is -2.96. The first-order valence-corrected chi connectivity index (χ1v) is 58.2. The highest BCUT2D eigenvalue weighted by Crippen LogP contribution is 2.33. The van der Waals surface area contributed by atoms with Crippen LogP contribution in [0.15, 0.2) is 302 Å². The van der Waals surface area contributed by atoms with Crippen LogP contribution in [0, 0.1) is 27.7 Å². The van der Waals surface area contributed by atoms with Gasteiger partial charge in [-0.2, -0.15) is 0 Å². The Labute approximate surface area is 867 Å². The fraction of sp³-hybridized carbons (Fsp3) is 0.270. The number of carbonyl (C=O) groups is 4. The number of hydrogen-bond donors (Lipinski definition) is 3. The summed E-state index contributed by atoms with van der Waals surface area (Å²) in [5.41, 5.74) is 10.1. The number of ketones is 4. The second-order valence-electron chi connectivity index (χ2n) is 36.7. The lowest BCUT2D eigenvalue weighted by Crippen LogP contribution is -2.37. The van der Waals surface area contributed by atoms with E-state index in [4.69, 9.17) is 9.47 Å². The lowest BCUT2D eigenvalue weighted by Gasteiger charge is -2.26. The van der Waals surface area contributed by atoms with E-state index >= 15 is 0 Å². The molecule has 4 aliphatic rings. The largest absolute Gasteiger partial charge is 0.476 e. The Bertz CT molecular complexity index is 8420. The molecule has 8 aromatic heterocycles. The van der Waals surface area contributed by atoms with Gasteiger partial charge in [0.05, 0.1) is 19.8 Å². The molecule has 0 amide bonds. The van der Waals surface area contributed by atoms with E-state index in [0.29, 0.717) is 85.6 Å². The average Bonchev–Trinajstić information content (AvgIpc) is 1.70. The van der Waals surface area contributed by atoms with Gasteiger partial charge in [0, 0.05) is 170 Å². The number of Topliss-reactive ketones (excluding diaryl/α,β-unsaturated/α-hetero) is 4. The third kappa shape index (κ3) is 26.4. The molecule has 0 radical (unpaired) electrons. The molecule has 0 spiro atoms. The summed E-state index contributed by atoms with van der Waals surface area (Å²) in [5, 5.41) is 16.3. The maximum atomic E-state index is 13.2. The number of rotatable bonds is 35. The molecule has 12 heterocycles. The van der Waals surface area contributed by atoms with Crippen molar-refractivity contribution in [3.8, 4) is 22.7 Å². The number of nitrogens with zero attached hydrogens (tertiary/aromatic N) is 7. The molecule has 0 bridgehead atoms. The summed E-state index contributed by atoms with van der Waals surface area (Å²) < 4.78 is 118. The predicted molar refractivity (Wildman–Crippen MR) is 586 cm³/mol. The number of sulfone groups is 4. The topological polar surface area (TPSA) is 366 Å². The van der Waals surface area contributed by atoms with Crippen LogP contribution in [0.1, 0.15) is 78.6 Å². The van der Waals surface area contributed by atoms with Gasteiger partial charge in [0.1, 0.15) is 46.5 Å². The second kappa shape index (κ2) is 46.8. The van der Waals surface area contributed by atoms with Gasteiger partial charge in [0.15, 0.2) is 62.5 Å². The van der Waals surface area contributed by atoms with Crippen molar-refractivity contribution >= 4 is 174 Å². The Morgan fingerprint density at radius 3 is 1.06 bits per heavy atom. The summed E-state index contributed by atoms with van der Waals surface area (Å²) >= 11 is 4.69. The molecular formula is C111H110N10O18S8. The minimum absolute atomic E-state index is 0.00518. The summed E-state index contributed by atoms with van der Waals surface area (Å²) in [4.78, 5) is 115. The number of thiophene rings is 4. The third-order valence-corrected chi connectivity index (χ3v) is 38.7. The number of pyridine rings is 4. The second-order valence-corrected chi connectivity index (χ2v) is 50.7. The van der Waals surface area contributed by atoms with E-state index in [1.165, 1.54) is 82.9 Å². The highest BCUT2D eigenvalue weighted by molar-refractivity contribution is 7.95. The summed E-state index contributed by atoms with van der Waals surface area (Å²) in [7, 11) is -14.5. The van der Waals surface area contributed by atoms with E-state index in [-0.39, 0.29) is 87.9 Å². The normalized spacial score (nSPS) is 13.9. The monoisotopic (exact) mass is 2130 g/mol. The standard InChI is InChI=1S/C30H33N3O5S2.C30H33N3O4S2.C26H22N2O5S2.C25H22N2O4S2/c1-22-3-10-29(39-22)40(36,37)21-27(34)19-23-4-7-26(8-5-23)33-14-11-24-20-25(6-9-28(24)30(33)35)31-12-2-13-32-15-17-38-18-16-32;1-22-5-12-29(38-22)39(36,37)21-27(34)19-23-6-9-26(10-7-23)33-18-13-24-20-25(8-11-28(24)30(33)35)31-14-4-17-32-15-2-3-16-32;1-17-2-9-24(34-17)35(31,32)16-22(29)14-18-3-6-21(7-4-18)28-12-10-19-15-20(25-27-11-13-33-25)5-8-23(19)26(28)30;1-16-2-9-24(32-16)33(30,31)15-19(28)14-17-3-5-18(6-4-17)27-13-11-20-21-10-12-26-23(21)8-7-22(20)25(27)29/h3-11,14,20,31H,2,12-13,15-19,21H2,1H3;5-13,18,20,31H,2-4,14-17,19,21H2,1H3;2-10,12,15H,11,13-14,16H2,1H3;2-9,11,13,26H,10,12,14-15H2,1H3. The SMILES string of the molecule is Cc1ccc(S(=O)(=O)CC(=O)Cc2ccc(-n3ccc4c5c(ccc4c3=O)NCC5)cc2)s1.Cc1ccc(S(=O)(=O)CC(=O)Cc2ccc(-n3ccc4cc(C5=NCCO5)ccc4c3=O)cc2)s1.Cc1ccc(S(=O)(=O)CC(=O)Cc2ccc(-n3ccc4cc(NCCCN5CCCC5)ccc4c3=O)cc2)s1.Cc1ccc(S(=O)(=O)CC(=O)Cc2ccc(-n3ccc4cc(NCCCN5CCOCC5)ccc4c3=O)cc2)s1. The number of aryl methyl sites for hydroxylation is 4. The van der Waals surface area contributed by atoms with Crippen molar-refractivity contribution < 1.29 is 62.3 Å². The zero-order valence-electron chi connectivity index (χ0n) is 81.5. The number of nitrogens with one attached hydrogen (secondary N) is 3. The number of likely N-dealkylation sites (tertiary alicyclic amines) is 1. The number of morpholine rings is 1. The van der Waals surface area contributed by atoms with Crippen LogP contribution in [-0.4, -0.2) is 199 Å². The van der Waals surface area contributed by atoms with Crippen LogP contribution in [-0.2, 0) is 100 Å². The maximum Gasteiger partial charge on any atom is 0.262 e. The Kier molecular flexibility index (Phi) is 33.4. The highest BCUT2D eigenvalue weighted by atomic mass is 32.3. The first-order chi connectivity index (χ1) is 70.7. The van der Waals surface area contributed by atoms with Crippen LogP contribution >= 0.6 is 45.3 Å². The van der Waals surface area contributed by atoms with Gasteiger partial charge >= 0.3 is 0 Å². The lowest BCUT2D eigenvalue weighted by molar-refractivity contribution is -0.116. The van der Waals surface area contributed by atoms with Crippen LogP contribution in [0.2, 0.25) is 0 Å². The molecule has 0 saturated carbocycles. The maximum absolute atomic E-state index is 13.2. The molecule has 3 N–H and O–H groups in total. The molecule has 147 heavy (non-hydrogen) atoms. The molecule has 0 aliphatic carbocycles. The van der Waals surface area contributed by atoms with E-state index in [1.54, 1.807) is 189 Å². The number of benzene rings is 8. The number of aromatic nitrogens is 4. The van der Waals surface area contributed by atoms with Crippen molar-refractivity contribution in [3.05, 3.63) is 356 Å². The summed E-state index contributed by atoms with van der Waals surface area (Å²) in [6.45, 7) is 19.3. The molecule has 36 heteroatoms. The zero-order valence-corrected chi connectivity index (χ0v) is 88.0. The zero-order chi connectivity index (χ0) is 103. The van der Waals surface area contributed by atoms with Crippen molar-refractivity contribution in [3.63, 3.8) is 0 Å². The Hall–Kier alpha value is -13.4. The minimum atomic E-state index is -3.64. The number of anilines is 3. The van der Waals surface area contributed by atoms with Gasteiger partial charge < -0.3 is 30.3 Å². The van der Waals surface area contributed by atoms with Crippen LogP contribution in [0.4, 0.5) is 17.1 Å². The van der Waals surface area contributed by atoms with E-state index in [1.807, 2.05) is 113 Å². The molecule has 0 atom stereocenters.